The summed E-state index contributed by atoms with van der Waals surface area (Å²) in [5, 5.41) is 0. The first kappa shape index (κ1) is 9.19. The first-order valence-corrected chi connectivity index (χ1v) is 5.03. The molecule has 0 bridgehead atoms. The van der Waals surface area contributed by atoms with Crippen molar-refractivity contribution in [2.24, 2.45) is 0 Å². The summed E-state index contributed by atoms with van der Waals surface area (Å²) in [5.74, 6) is 0. The lowest BCUT2D eigenvalue weighted by molar-refractivity contribution is -0.107. The molecule has 74 valence electrons. The number of anilines is 1. The molecule has 3 heteroatoms. The highest BCUT2D eigenvalue weighted by molar-refractivity contribution is 5.56. The van der Waals surface area contributed by atoms with E-state index >= 15 is 0 Å². The average Bonchev–Trinajstić information content (AvgIpc) is 2.71. The van der Waals surface area contributed by atoms with Gasteiger partial charge in [0.15, 0.2) is 0 Å². The van der Waals surface area contributed by atoms with E-state index in [0.717, 1.165) is 25.1 Å². The van der Waals surface area contributed by atoms with Gasteiger partial charge in [-0.25, -0.2) is 0 Å². The summed E-state index contributed by atoms with van der Waals surface area (Å²) in [6.07, 6.45) is 5.64. The maximum atomic E-state index is 10.4. The van der Waals surface area contributed by atoms with Crippen molar-refractivity contribution in [3.8, 4) is 0 Å². The number of aromatic nitrogens is 1. The Kier molecular flexibility index (Phi) is 2.77. The van der Waals surface area contributed by atoms with E-state index in [1.165, 1.54) is 18.5 Å². The third-order valence-electron chi connectivity index (χ3n) is 2.56. The summed E-state index contributed by atoms with van der Waals surface area (Å²) in [7, 11) is 0. The predicted octanol–water partition coefficient (Wildman–Crippen LogP) is 1.42. The molecule has 14 heavy (non-hydrogen) atoms. The predicted molar refractivity (Wildman–Crippen MR) is 55.5 cm³/mol. The van der Waals surface area contributed by atoms with Crippen molar-refractivity contribution < 1.29 is 4.79 Å². The summed E-state index contributed by atoms with van der Waals surface area (Å²) >= 11 is 0. The molecule has 1 aliphatic rings. The number of aldehydes is 1. The molecule has 0 saturated carbocycles. The number of carbonyl (C=O) groups excluding carboxylic acids is 1. The van der Waals surface area contributed by atoms with Crippen LogP contribution in [0.4, 0.5) is 5.69 Å². The minimum Gasteiger partial charge on any atom is -0.371 e. The van der Waals surface area contributed by atoms with Gasteiger partial charge in [0.2, 0.25) is 0 Å². The Morgan fingerprint density at radius 3 is 2.93 bits per heavy atom. The molecule has 1 saturated heterocycles. The van der Waals surface area contributed by atoms with Crippen molar-refractivity contribution in [1.29, 1.82) is 0 Å². The highest BCUT2D eigenvalue weighted by atomic mass is 16.1. The van der Waals surface area contributed by atoms with Gasteiger partial charge in [-0.05, 0) is 25.0 Å². The SMILES string of the molecule is O=CCc1cc(N2CCCC2)ccn1. The quantitative estimate of drug-likeness (QED) is 0.676. The lowest BCUT2D eigenvalue weighted by Crippen LogP contribution is -2.17. The van der Waals surface area contributed by atoms with Crippen LogP contribution in [0.5, 0.6) is 0 Å². The van der Waals surface area contributed by atoms with E-state index in [0.29, 0.717) is 6.42 Å². The molecule has 2 rings (SSSR count). The second kappa shape index (κ2) is 4.22. The van der Waals surface area contributed by atoms with Crippen LogP contribution in [0.25, 0.3) is 0 Å². The smallest absolute Gasteiger partial charge is 0.125 e. The van der Waals surface area contributed by atoms with Gasteiger partial charge in [-0.3, -0.25) is 4.98 Å². The van der Waals surface area contributed by atoms with E-state index in [-0.39, 0.29) is 0 Å². The zero-order valence-corrected chi connectivity index (χ0v) is 8.15. The van der Waals surface area contributed by atoms with E-state index < -0.39 is 0 Å². The number of nitrogens with zero attached hydrogens (tertiary/aromatic N) is 2. The van der Waals surface area contributed by atoms with Crippen molar-refractivity contribution >= 4 is 12.0 Å². The van der Waals surface area contributed by atoms with Crippen molar-refractivity contribution in [2.45, 2.75) is 19.3 Å². The second-order valence-electron chi connectivity index (χ2n) is 3.57. The minimum atomic E-state index is 0.418. The van der Waals surface area contributed by atoms with E-state index in [2.05, 4.69) is 9.88 Å². The summed E-state index contributed by atoms with van der Waals surface area (Å²) in [6.45, 7) is 2.26. The molecular weight excluding hydrogens is 176 g/mol. The molecule has 2 heterocycles. The maximum absolute atomic E-state index is 10.4. The molecule has 3 nitrogen and oxygen atoms in total. The minimum absolute atomic E-state index is 0.418. The molecule has 0 amide bonds. The first-order chi connectivity index (χ1) is 6.90. The van der Waals surface area contributed by atoms with E-state index in [1.54, 1.807) is 6.20 Å². The van der Waals surface area contributed by atoms with Gasteiger partial charge in [-0.2, -0.15) is 0 Å². The summed E-state index contributed by atoms with van der Waals surface area (Å²) in [4.78, 5) is 16.8. The molecule has 0 radical (unpaired) electrons. The highest BCUT2D eigenvalue weighted by Crippen LogP contribution is 2.19. The Bertz CT molecular complexity index is 319. The van der Waals surface area contributed by atoms with Crippen LogP contribution >= 0.6 is 0 Å². The third-order valence-corrected chi connectivity index (χ3v) is 2.56. The fourth-order valence-corrected chi connectivity index (χ4v) is 1.83. The van der Waals surface area contributed by atoms with E-state index in [9.17, 15) is 4.79 Å². The molecule has 0 spiro atoms. The van der Waals surface area contributed by atoms with Crippen molar-refractivity contribution in [3.05, 3.63) is 24.0 Å². The van der Waals surface area contributed by atoms with E-state index in [1.807, 2.05) is 12.1 Å². The van der Waals surface area contributed by atoms with E-state index in [4.69, 9.17) is 0 Å². The summed E-state index contributed by atoms with van der Waals surface area (Å²) in [5.41, 5.74) is 2.07. The largest absolute Gasteiger partial charge is 0.371 e. The molecule has 0 unspecified atom stereocenters. The summed E-state index contributed by atoms with van der Waals surface area (Å²) < 4.78 is 0. The van der Waals surface area contributed by atoms with Crippen LogP contribution in [0.1, 0.15) is 18.5 Å². The van der Waals surface area contributed by atoms with Crippen LogP contribution < -0.4 is 4.90 Å². The average molecular weight is 190 g/mol. The molecule has 1 aliphatic heterocycles. The van der Waals surface area contributed by atoms with Gasteiger partial charge in [0.1, 0.15) is 6.29 Å². The van der Waals surface area contributed by atoms with Gasteiger partial charge < -0.3 is 9.69 Å². The fourth-order valence-electron chi connectivity index (χ4n) is 1.83. The van der Waals surface area contributed by atoms with Gasteiger partial charge >= 0.3 is 0 Å². The number of hydrogen-bond donors (Lipinski definition) is 0. The van der Waals surface area contributed by atoms with Gasteiger partial charge in [0.25, 0.3) is 0 Å². The van der Waals surface area contributed by atoms with Crippen LogP contribution in [0, 0.1) is 0 Å². The Morgan fingerprint density at radius 2 is 2.21 bits per heavy atom. The Labute approximate surface area is 83.8 Å². The molecule has 0 N–H and O–H groups in total. The van der Waals surface area contributed by atoms with Crippen LogP contribution in [0.2, 0.25) is 0 Å². The number of hydrogen-bond acceptors (Lipinski definition) is 3. The molecule has 1 aromatic heterocycles. The molecule has 0 aliphatic carbocycles. The molecule has 1 fully saturated rings. The molecule has 1 aromatic rings. The van der Waals surface area contributed by atoms with Crippen molar-refractivity contribution in [2.75, 3.05) is 18.0 Å². The van der Waals surface area contributed by atoms with Gasteiger partial charge in [0, 0.05) is 37.1 Å². The number of pyridine rings is 1. The van der Waals surface area contributed by atoms with Gasteiger partial charge in [-0.15, -0.1) is 0 Å². The highest BCUT2D eigenvalue weighted by Gasteiger charge is 2.12. The molecule has 0 atom stereocenters. The van der Waals surface area contributed by atoms with Crippen molar-refractivity contribution in [3.63, 3.8) is 0 Å². The monoisotopic (exact) mass is 190 g/mol. The Balaban J connectivity index is 2.16. The van der Waals surface area contributed by atoms with Crippen LogP contribution in [0.3, 0.4) is 0 Å². The normalized spacial score (nSPS) is 15.9. The zero-order chi connectivity index (χ0) is 9.80. The second-order valence-corrected chi connectivity index (χ2v) is 3.57. The lowest BCUT2D eigenvalue weighted by Gasteiger charge is -2.17. The standard InChI is InChI=1S/C11H14N2O/c14-8-4-10-9-11(3-5-12-10)13-6-1-2-7-13/h3,5,8-9H,1-2,4,6-7H2. The number of carbonyl (C=O) groups is 1. The first-order valence-electron chi connectivity index (χ1n) is 5.03. The third kappa shape index (κ3) is 1.92. The lowest BCUT2D eigenvalue weighted by atomic mass is 10.2. The Morgan fingerprint density at radius 1 is 1.43 bits per heavy atom. The topological polar surface area (TPSA) is 33.2 Å². The molecular formula is C11H14N2O. The summed E-state index contributed by atoms with van der Waals surface area (Å²) in [6, 6.07) is 4.03. The maximum Gasteiger partial charge on any atom is 0.125 e. The van der Waals surface area contributed by atoms with Gasteiger partial charge in [0.05, 0.1) is 0 Å². The van der Waals surface area contributed by atoms with Crippen LogP contribution in [0.15, 0.2) is 18.3 Å². The Hall–Kier alpha value is -1.38. The fraction of sp³-hybridized carbons (Fsp3) is 0.455. The van der Waals surface area contributed by atoms with Crippen molar-refractivity contribution in [1.82, 2.24) is 4.98 Å². The number of rotatable bonds is 3. The zero-order valence-electron chi connectivity index (χ0n) is 8.15. The van der Waals surface area contributed by atoms with Crippen LogP contribution in [-0.2, 0) is 11.2 Å². The molecule has 0 aromatic carbocycles. The van der Waals surface area contributed by atoms with Crippen LogP contribution in [-0.4, -0.2) is 24.4 Å². The van der Waals surface area contributed by atoms with Gasteiger partial charge in [-0.1, -0.05) is 0 Å².